The number of benzene rings is 2. The summed E-state index contributed by atoms with van der Waals surface area (Å²) in [5.74, 6) is 2.14. The number of methoxy groups -OCH3 is 2. The van der Waals surface area contributed by atoms with Gasteiger partial charge in [-0.15, -0.1) is 0 Å². The number of hydrogen-bond donors (Lipinski definition) is 2. The molecule has 5 heteroatoms. The summed E-state index contributed by atoms with van der Waals surface area (Å²) in [4.78, 5) is 4.54. The molecule has 1 heterocycles. The molecular weight excluding hydrogens is 290 g/mol. The predicted molar refractivity (Wildman–Crippen MR) is 90.8 cm³/mol. The number of para-hydroxylation sites is 1. The van der Waals surface area contributed by atoms with Gasteiger partial charge in [0.05, 0.1) is 26.3 Å². The Morgan fingerprint density at radius 2 is 1.78 bits per heavy atom. The Kier molecular flexibility index (Phi) is 4.37. The largest absolute Gasteiger partial charge is 0.497 e. The maximum Gasteiger partial charge on any atom is 0.189 e. The second kappa shape index (κ2) is 6.60. The van der Waals surface area contributed by atoms with Crippen molar-refractivity contribution < 1.29 is 9.47 Å². The molecule has 120 valence electrons. The highest BCUT2D eigenvalue weighted by Gasteiger charge is 2.26. The van der Waals surface area contributed by atoms with Crippen molar-refractivity contribution in [2.75, 3.05) is 14.2 Å². The quantitative estimate of drug-likeness (QED) is 0.911. The molecule has 0 radical (unpaired) electrons. The van der Waals surface area contributed by atoms with Gasteiger partial charge in [0.1, 0.15) is 11.5 Å². The molecule has 1 aliphatic heterocycles. The molecule has 0 aliphatic carbocycles. The molecule has 0 amide bonds. The van der Waals surface area contributed by atoms with Crippen LogP contribution in [0.25, 0.3) is 0 Å². The molecule has 2 unspecified atom stereocenters. The first-order chi connectivity index (χ1) is 11.2. The average Bonchev–Trinajstić information content (AvgIpc) is 2.61. The van der Waals surface area contributed by atoms with Crippen LogP contribution in [0, 0.1) is 0 Å². The smallest absolute Gasteiger partial charge is 0.189 e. The van der Waals surface area contributed by atoms with E-state index in [1.54, 1.807) is 14.2 Å². The van der Waals surface area contributed by atoms with Crippen LogP contribution in [0.15, 0.2) is 53.5 Å². The fourth-order valence-electron chi connectivity index (χ4n) is 2.91. The monoisotopic (exact) mass is 311 g/mol. The molecule has 0 spiro atoms. The lowest BCUT2D eigenvalue weighted by molar-refractivity contribution is 0.394. The van der Waals surface area contributed by atoms with Crippen molar-refractivity contribution in [2.45, 2.75) is 18.5 Å². The molecule has 2 aromatic rings. The van der Waals surface area contributed by atoms with E-state index in [9.17, 15) is 0 Å². The van der Waals surface area contributed by atoms with E-state index in [0.29, 0.717) is 5.96 Å². The molecule has 3 N–H and O–H groups in total. The Morgan fingerprint density at radius 1 is 1.04 bits per heavy atom. The van der Waals surface area contributed by atoms with Gasteiger partial charge in [-0.25, -0.2) is 4.99 Å². The summed E-state index contributed by atoms with van der Waals surface area (Å²) in [7, 11) is 3.34. The van der Waals surface area contributed by atoms with Gasteiger partial charge in [0.25, 0.3) is 0 Å². The number of nitrogens with zero attached hydrogens (tertiary/aromatic N) is 1. The van der Waals surface area contributed by atoms with Gasteiger partial charge >= 0.3 is 0 Å². The molecule has 1 aliphatic rings. The lowest BCUT2D eigenvalue weighted by Gasteiger charge is -2.29. The van der Waals surface area contributed by atoms with Crippen LogP contribution in [0.3, 0.4) is 0 Å². The topological polar surface area (TPSA) is 68.9 Å². The molecule has 0 bridgehead atoms. The highest BCUT2D eigenvalue weighted by Crippen LogP contribution is 2.36. The third-order valence-electron chi connectivity index (χ3n) is 4.09. The molecule has 0 saturated carbocycles. The molecule has 0 fully saturated rings. The summed E-state index contributed by atoms with van der Waals surface area (Å²) < 4.78 is 10.7. The highest BCUT2D eigenvalue weighted by atomic mass is 16.5. The number of hydrogen-bond acceptors (Lipinski definition) is 5. The Bertz CT molecular complexity index is 698. The lowest BCUT2D eigenvalue weighted by atomic mass is 9.93. The van der Waals surface area contributed by atoms with E-state index in [-0.39, 0.29) is 12.1 Å². The van der Waals surface area contributed by atoms with Crippen molar-refractivity contribution in [1.29, 1.82) is 0 Å². The van der Waals surface area contributed by atoms with Gasteiger partial charge in [-0.05, 0) is 30.2 Å². The maximum absolute atomic E-state index is 6.01. The van der Waals surface area contributed by atoms with E-state index >= 15 is 0 Å². The van der Waals surface area contributed by atoms with Crippen LogP contribution >= 0.6 is 0 Å². The zero-order valence-electron chi connectivity index (χ0n) is 13.3. The van der Waals surface area contributed by atoms with Crippen molar-refractivity contribution in [3.8, 4) is 11.5 Å². The Labute approximate surface area is 136 Å². The van der Waals surface area contributed by atoms with Crippen molar-refractivity contribution in [2.24, 2.45) is 10.7 Å². The highest BCUT2D eigenvalue weighted by molar-refractivity contribution is 5.79. The van der Waals surface area contributed by atoms with E-state index in [0.717, 1.165) is 29.0 Å². The third-order valence-corrected chi connectivity index (χ3v) is 4.09. The first kappa shape index (κ1) is 15.2. The third kappa shape index (κ3) is 3.23. The van der Waals surface area contributed by atoms with Crippen LogP contribution in [-0.4, -0.2) is 20.2 Å². The summed E-state index contributed by atoms with van der Waals surface area (Å²) >= 11 is 0. The Balaban J connectivity index is 1.87. The number of rotatable bonds is 4. The SMILES string of the molecule is COc1ccc(C2CC(c3ccccc3OC)NC(N)=N2)cc1. The van der Waals surface area contributed by atoms with Crippen LogP contribution in [-0.2, 0) is 0 Å². The Morgan fingerprint density at radius 3 is 2.48 bits per heavy atom. The minimum absolute atomic E-state index is 0.0112. The number of aliphatic imine (C=N–C) groups is 1. The average molecular weight is 311 g/mol. The minimum Gasteiger partial charge on any atom is -0.497 e. The van der Waals surface area contributed by atoms with Gasteiger partial charge in [0.15, 0.2) is 5.96 Å². The van der Waals surface area contributed by atoms with E-state index in [1.807, 2.05) is 42.5 Å². The minimum atomic E-state index is 0.0112. The van der Waals surface area contributed by atoms with Crippen LogP contribution in [0.5, 0.6) is 11.5 Å². The zero-order valence-corrected chi connectivity index (χ0v) is 13.3. The van der Waals surface area contributed by atoms with E-state index in [4.69, 9.17) is 15.2 Å². The molecular formula is C18H21N3O2. The number of nitrogens with two attached hydrogens (primary N) is 1. The zero-order chi connectivity index (χ0) is 16.2. The summed E-state index contributed by atoms with van der Waals surface area (Å²) in [6.07, 6.45) is 0.813. The molecule has 2 atom stereocenters. The number of ether oxygens (including phenoxy) is 2. The fraction of sp³-hybridized carbons (Fsp3) is 0.278. The van der Waals surface area contributed by atoms with Gasteiger partial charge in [-0.3, -0.25) is 0 Å². The lowest BCUT2D eigenvalue weighted by Crippen LogP contribution is -2.39. The van der Waals surface area contributed by atoms with Crippen LogP contribution in [0.2, 0.25) is 0 Å². The predicted octanol–water partition coefficient (Wildman–Crippen LogP) is 2.79. The van der Waals surface area contributed by atoms with E-state index < -0.39 is 0 Å². The van der Waals surface area contributed by atoms with Crippen molar-refractivity contribution >= 4 is 5.96 Å². The summed E-state index contributed by atoms with van der Waals surface area (Å²) in [6, 6.07) is 16.0. The summed E-state index contributed by atoms with van der Waals surface area (Å²) in [6.45, 7) is 0. The van der Waals surface area contributed by atoms with E-state index in [2.05, 4.69) is 16.4 Å². The second-order valence-corrected chi connectivity index (χ2v) is 5.48. The molecule has 3 rings (SSSR count). The van der Waals surface area contributed by atoms with Crippen molar-refractivity contribution in [3.05, 3.63) is 59.7 Å². The van der Waals surface area contributed by atoms with Gasteiger partial charge in [-0.2, -0.15) is 0 Å². The standard InChI is InChI=1S/C18H21N3O2/c1-22-13-9-7-12(8-10-13)15-11-16(21-18(19)20-15)14-5-3-4-6-17(14)23-2/h3-10,15-16H,11H2,1-2H3,(H3,19,20,21). The van der Waals surface area contributed by atoms with Gasteiger partial charge < -0.3 is 20.5 Å². The van der Waals surface area contributed by atoms with Gasteiger partial charge in [-0.1, -0.05) is 30.3 Å². The van der Waals surface area contributed by atoms with E-state index in [1.165, 1.54) is 0 Å². The number of nitrogens with one attached hydrogen (secondary N) is 1. The Hall–Kier alpha value is -2.69. The second-order valence-electron chi connectivity index (χ2n) is 5.48. The van der Waals surface area contributed by atoms with Crippen molar-refractivity contribution in [3.63, 3.8) is 0 Å². The van der Waals surface area contributed by atoms with Crippen LogP contribution < -0.4 is 20.5 Å². The molecule has 5 nitrogen and oxygen atoms in total. The first-order valence-electron chi connectivity index (χ1n) is 7.58. The summed E-state index contributed by atoms with van der Waals surface area (Å²) in [5.41, 5.74) is 8.22. The fourth-order valence-corrected chi connectivity index (χ4v) is 2.91. The van der Waals surface area contributed by atoms with Crippen LogP contribution in [0.4, 0.5) is 0 Å². The molecule has 23 heavy (non-hydrogen) atoms. The van der Waals surface area contributed by atoms with Crippen LogP contribution in [0.1, 0.15) is 29.6 Å². The molecule has 0 aromatic heterocycles. The normalized spacial score (nSPS) is 20.3. The van der Waals surface area contributed by atoms with Gasteiger partial charge in [0, 0.05) is 5.56 Å². The first-order valence-corrected chi connectivity index (χ1v) is 7.58. The van der Waals surface area contributed by atoms with Crippen molar-refractivity contribution in [1.82, 2.24) is 5.32 Å². The molecule has 0 saturated heterocycles. The van der Waals surface area contributed by atoms with Gasteiger partial charge in [0.2, 0.25) is 0 Å². The number of guanidine groups is 1. The maximum atomic E-state index is 6.01. The summed E-state index contributed by atoms with van der Waals surface area (Å²) in [5, 5.41) is 3.25. The molecule has 2 aromatic carbocycles.